The highest BCUT2D eigenvalue weighted by molar-refractivity contribution is 7.09. The molecule has 4 N–H and O–H groups in total. The molecule has 0 aliphatic carbocycles. The van der Waals surface area contributed by atoms with E-state index in [1.165, 1.54) is 0 Å². The van der Waals surface area contributed by atoms with Crippen LogP contribution in [0, 0.1) is 6.92 Å². The lowest BCUT2D eigenvalue weighted by Gasteiger charge is -2.11. The number of aryl methyl sites for hydroxylation is 2. The number of nitrogen functional groups attached to an aromatic ring is 1. The third-order valence-electron chi connectivity index (χ3n) is 3.94. The van der Waals surface area contributed by atoms with Crippen molar-refractivity contribution >= 4 is 34.5 Å². The number of anilines is 2. The number of hydrogen-bond acceptors (Lipinski definition) is 6. The second-order valence-electron chi connectivity index (χ2n) is 5.88. The van der Waals surface area contributed by atoms with Gasteiger partial charge >= 0.3 is 0 Å². The van der Waals surface area contributed by atoms with Crippen molar-refractivity contribution < 1.29 is 14.2 Å². The van der Waals surface area contributed by atoms with Crippen LogP contribution in [-0.4, -0.2) is 28.7 Å². The molecule has 27 heavy (non-hydrogen) atoms. The summed E-state index contributed by atoms with van der Waals surface area (Å²) >= 11 is 1.54. The van der Waals surface area contributed by atoms with Crippen LogP contribution in [-0.2, 0) is 18.4 Å². The van der Waals surface area contributed by atoms with Crippen LogP contribution in [0.25, 0.3) is 0 Å². The number of thiazole rings is 1. The number of carbonyl (C=O) groups is 1. The van der Waals surface area contributed by atoms with Crippen molar-refractivity contribution in [2.75, 3.05) is 18.1 Å². The first-order valence-corrected chi connectivity index (χ1v) is 9.10. The van der Waals surface area contributed by atoms with Crippen LogP contribution in [0.2, 0.25) is 0 Å². The quantitative estimate of drug-likeness (QED) is 0.342. The van der Waals surface area contributed by atoms with Crippen LogP contribution in [0.4, 0.5) is 11.5 Å². The summed E-state index contributed by atoms with van der Waals surface area (Å²) in [4.78, 5) is 22.0. The Morgan fingerprint density at radius 1 is 1.44 bits per heavy atom. The third-order valence-corrected chi connectivity index (χ3v) is 4.85. The number of amides is 1. The molecule has 0 saturated carbocycles. The fourth-order valence-corrected chi connectivity index (χ4v) is 3.18. The van der Waals surface area contributed by atoms with Crippen LogP contribution in [0.15, 0.2) is 41.0 Å². The molecule has 0 fully saturated rings. The van der Waals surface area contributed by atoms with Crippen LogP contribution in [0.1, 0.15) is 16.1 Å². The Kier molecular flexibility index (Phi) is 5.51. The number of carbonyl (C=O) groups excluding carboxylic acids is 1. The highest BCUT2D eigenvalue weighted by Crippen LogP contribution is 2.23. The number of hydrogen-bond donors (Lipinski definition) is 3. The number of nitrogens with one attached hydrogen (secondary N) is 2. The lowest BCUT2D eigenvalue weighted by Crippen LogP contribution is -2.30. The van der Waals surface area contributed by atoms with E-state index in [0.29, 0.717) is 29.4 Å². The number of aromatic nitrogens is 3. The van der Waals surface area contributed by atoms with Gasteiger partial charge in [0.2, 0.25) is 0 Å². The number of aliphatic imine (C=N–C) groups is 1. The van der Waals surface area contributed by atoms with E-state index in [1.807, 2.05) is 14.0 Å². The normalized spacial score (nSPS) is 11.4. The molecule has 0 aliphatic rings. The number of aromatic amines is 1. The molecule has 3 rings (SSSR count). The van der Waals surface area contributed by atoms with Gasteiger partial charge in [-0.1, -0.05) is 0 Å². The highest BCUT2D eigenvalue weighted by Gasteiger charge is 2.18. The molecule has 0 spiro atoms. The van der Waals surface area contributed by atoms with Crippen LogP contribution in [0.5, 0.6) is 5.75 Å². The lowest BCUT2D eigenvalue weighted by atomic mass is 10.1. The van der Waals surface area contributed by atoms with E-state index in [0.717, 1.165) is 10.6 Å². The average molecular weight is 385 g/mol. The fourth-order valence-electron chi connectivity index (χ4n) is 2.49. The maximum absolute atomic E-state index is 12.6. The van der Waals surface area contributed by atoms with Crippen molar-refractivity contribution in [2.24, 2.45) is 12.0 Å². The minimum Gasteiger partial charge on any atom is -0.488 e. The number of benzene rings is 1. The SMILES string of the molecule is CN=C(C(=O)Nc1cc[n+](C)[nH]1)c1cc(OCc2scnc2C)ccc1N. The molecule has 9 heteroatoms. The van der Waals surface area contributed by atoms with Crippen molar-refractivity contribution in [3.63, 3.8) is 0 Å². The summed E-state index contributed by atoms with van der Waals surface area (Å²) in [7, 11) is 3.38. The van der Waals surface area contributed by atoms with Crippen LogP contribution >= 0.6 is 11.3 Å². The van der Waals surface area contributed by atoms with Gasteiger partial charge in [0.15, 0.2) is 19.1 Å². The molecular weight excluding hydrogens is 364 g/mol. The molecule has 1 amide bonds. The molecule has 0 radical (unpaired) electrons. The zero-order valence-corrected chi connectivity index (χ0v) is 16.1. The zero-order chi connectivity index (χ0) is 19.4. The van der Waals surface area contributed by atoms with Crippen molar-refractivity contribution in [1.82, 2.24) is 10.1 Å². The van der Waals surface area contributed by atoms with Gasteiger partial charge in [-0.15, -0.1) is 21.1 Å². The fraction of sp³-hybridized carbons (Fsp3) is 0.222. The van der Waals surface area contributed by atoms with E-state index in [4.69, 9.17) is 10.5 Å². The molecule has 2 heterocycles. The first-order valence-electron chi connectivity index (χ1n) is 8.22. The monoisotopic (exact) mass is 385 g/mol. The lowest BCUT2D eigenvalue weighted by molar-refractivity contribution is -0.725. The van der Waals surface area contributed by atoms with E-state index < -0.39 is 0 Å². The number of ether oxygens (including phenoxy) is 1. The number of nitrogens with two attached hydrogens (primary N) is 1. The summed E-state index contributed by atoms with van der Waals surface area (Å²) < 4.78 is 7.57. The van der Waals surface area contributed by atoms with Gasteiger partial charge in [-0.3, -0.25) is 9.79 Å². The van der Waals surface area contributed by atoms with Crippen molar-refractivity contribution in [2.45, 2.75) is 13.5 Å². The molecule has 0 bridgehead atoms. The van der Waals surface area contributed by atoms with Gasteiger partial charge in [0.05, 0.1) is 22.1 Å². The van der Waals surface area contributed by atoms with Gasteiger partial charge in [0.25, 0.3) is 5.91 Å². The molecule has 0 atom stereocenters. The third kappa shape index (κ3) is 4.32. The van der Waals surface area contributed by atoms with Gasteiger partial charge in [-0.05, 0) is 25.1 Å². The van der Waals surface area contributed by atoms with Gasteiger partial charge in [-0.2, -0.15) is 0 Å². The molecular formula is C18H21N6O2S+. The van der Waals surface area contributed by atoms with E-state index in [2.05, 4.69) is 20.4 Å². The Hall–Kier alpha value is -3.20. The zero-order valence-electron chi connectivity index (χ0n) is 15.3. The maximum atomic E-state index is 12.6. The van der Waals surface area contributed by atoms with E-state index in [1.54, 1.807) is 59.0 Å². The summed E-state index contributed by atoms with van der Waals surface area (Å²) in [6.45, 7) is 2.35. The second kappa shape index (κ2) is 8.00. The smallest absolute Gasteiger partial charge is 0.275 e. The van der Waals surface area contributed by atoms with E-state index in [9.17, 15) is 4.79 Å². The summed E-state index contributed by atoms with van der Waals surface area (Å²) in [6.07, 6.45) is 1.79. The molecule has 8 nitrogen and oxygen atoms in total. The summed E-state index contributed by atoms with van der Waals surface area (Å²) in [5.41, 5.74) is 10.0. The van der Waals surface area contributed by atoms with Crippen molar-refractivity contribution in [3.05, 3.63) is 52.1 Å². The second-order valence-corrected chi connectivity index (χ2v) is 6.82. The minimum atomic E-state index is -0.359. The Morgan fingerprint density at radius 3 is 2.89 bits per heavy atom. The summed E-state index contributed by atoms with van der Waals surface area (Å²) in [5, 5.41) is 5.75. The molecule has 0 aliphatic heterocycles. The number of rotatable bonds is 6. The Balaban J connectivity index is 1.78. The topological polar surface area (TPSA) is 109 Å². The van der Waals surface area contributed by atoms with E-state index in [-0.39, 0.29) is 11.6 Å². The Labute approximate surface area is 160 Å². The van der Waals surface area contributed by atoms with Gasteiger partial charge in [-0.25, -0.2) is 4.98 Å². The molecule has 1 aromatic carbocycles. The maximum Gasteiger partial charge on any atom is 0.275 e. The van der Waals surface area contributed by atoms with Gasteiger partial charge in [0.1, 0.15) is 18.1 Å². The van der Waals surface area contributed by atoms with Crippen molar-refractivity contribution in [3.8, 4) is 5.75 Å². The predicted octanol–water partition coefficient (Wildman–Crippen LogP) is 1.82. The molecule has 140 valence electrons. The molecule has 2 aromatic heterocycles. The number of H-pyrrole nitrogens is 1. The predicted molar refractivity (Wildman–Crippen MR) is 105 cm³/mol. The van der Waals surface area contributed by atoms with Crippen LogP contribution < -0.4 is 20.5 Å². The van der Waals surface area contributed by atoms with E-state index >= 15 is 0 Å². The molecule has 3 aromatic rings. The minimum absolute atomic E-state index is 0.226. The van der Waals surface area contributed by atoms with Crippen molar-refractivity contribution in [1.29, 1.82) is 0 Å². The molecule has 0 unspecified atom stereocenters. The summed E-state index contributed by atoms with van der Waals surface area (Å²) in [5.74, 6) is 0.810. The Morgan fingerprint density at radius 2 is 2.26 bits per heavy atom. The first-order chi connectivity index (χ1) is 13.0. The molecule has 0 saturated heterocycles. The average Bonchev–Trinajstić information content (AvgIpc) is 3.24. The number of nitrogens with zero attached hydrogens (tertiary/aromatic N) is 3. The van der Waals surface area contributed by atoms with Crippen LogP contribution in [0.3, 0.4) is 0 Å². The Bertz CT molecular complexity index is 991. The summed E-state index contributed by atoms with van der Waals surface area (Å²) in [6, 6.07) is 6.95. The highest BCUT2D eigenvalue weighted by atomic mass is 32.1. The standard InChI is InChI=1S/C18H20N6O2S/c1-11-15(27-10-21-11)9-26-12-4-5-14(19)13(8-12)17(20-2)18(25)22-16-6-7-24(3)23-16/h4-8,10H,9H2,1-3H3,(H3,19,20,22,23,25)/p+1. The van der Waals surface area contributed by atoms with Gasteiger partial charge in [0, 0.05) is 18.3 Å². The first kappa shape index (κ1) is 18.6. The largest absolute Gasteiger partial charge is 0.488 e. The van der Waals surface area contributed by atoms with Gasteiger partial charge < -0.3 is 15.8 Å².